The highest BCUT2D eigenvalue weighted by Crippen LogP contribution is 2.30. The van der Waals surface area contributed by atoms with Crippen LogP contribution in [0.2, 0.25) is 0 Å². The number of amides is 1. The highest BCUT2D eigenvalue weighted by Gasteiger charge is 2.30. The predicted octanol–water partition coefficient (Wildman–Crippen LogP) is 2.01. The second kappa shape index (κ2) is 5.15. The summed E-state index contributed by atoms with van der Waals surface area (Å²) in [5.41, 5.74) is 0.807. The predicted molar refractivity (Wildman–Crippen MR) is 70.6 cm³/mol. The molecule has 20 heavy (non-hydrogen) atoms. The molecular weight excluding hydrogens is 262 g/mol. The Bertz CT molecular complexity index is 530. The first-order valence-electron chi connectivity index (χ1n) is 6.58. The molecule has 1 atom stereocenters. The molecule has 1 amide bonds. The van der Waals surface area contributed by atoms with E-state index in [4.69, 9.17) is 9.84 Å². The molecule has 7 heteroatoms. The van der Waals surface area contributed by atoms with E-state index >= 15 is 0 Å². The van der Waals surface area contributed by atoms with Gasteiger partial charge in [0, 0.05) is 5.56 Å². The fourth-order valence-corrected chi connectivity index (χ4v) is 2.32. The number of rotatable bonds is 2. The van der Waals surface area contributed by atoms with Gasteiger partial charge in [-0.3, -0.25) is 5.10 Å². The Morgan fingerprint density at radius 3 is 2.75 bits per heavy atom. The number of carbonyl (C=O) groups is 2. The maximum atomic E-state index is 11.8. The largest absolute Gasteiger partial charge is 0.476 e. The van der Waals surface area contributed by atoms with Crippen LogP contribution in [0.25, 0.3) is 0 Å². The molecule has 110 valence electrons. The van der Waals surface area contributed by atoms with Crippen LogP contribution in [-0.2, 0) is 11.2 Å². The van der Waals surface area contributed by atoms with E-state index in [9.17, 15) is 9.59 Å². The molecule has 0 saturated carbocycles. The molecule has 1 aromatic rings. The van der Waals surface area contributed by atoms with Gasteiger partial charge >= 0.3 is 12.1 Å². The fourth-order valence-electron chi connectivity index (χ4n) is 2.32. The van der Waals surface area contributed by atoms with Gasteiger partial charge in [0.1, 0.15) is 5.60 Å². The van der Waals surface area contributed by atoms with E-state index in [1.807, 2.05) is 0 Å². The van der Waals surface area contributed by atoms with Gasteiger partial charge in [-0.15, -0.1) is 0 Å². The average Bonchev–Trinajstić information content (AvgIpc) is 2.71. The number of carbonyl (C=O) groups excluding carboxylic acids is 1. The average molecular weight is 281 g/mol. The summed E-state index contributed by atoms with van der Waals surface area (Å²) in [6.07, 6.45) is 1.67. The lowest BCUT2D eigenvalue weighted by Gasteiger charge is -2.25. The minimum Gasteiger partial charge on any atom is -0.476 e. The van der Waals surface area contributed by atoms with Crippen molar-refractivity contribution in [2.75, 3.05) is 0 Å². The van der Waals surface area contributed by atoms with E-state index in [2.05, 4.69) is 15.5 Å². The molecule has 0 spiro atoms. The van der Waals surface area contributed by atoms with Crippen LogP contribution in [0, 0.1) is 0 Å². The van der Waals surface area contributed by atoms with Crippen molar-refractivity contribution in [3.63, 3.8) is 0 Å². The number of ether oxygens (including phenoxy) is 1. The van der Waals surface area contributed by atoms with Crippen LogP contribution in [-0.4, -0.2) is 33.0 Å². The molecule has 1 aromatic heterocycles. The third kappa shape index (κ3) is 3.09. The highest BCUT2D eigenvalue weighted by atomic mass is 16.6. The summed E-state index contributed by atoms with van der Waals surface area (Å²) in [7, 11) is 0. The zero-order valence-corrected chi connectivity index (χ0v) is 11.8. The molecule has 1 unspecified atom stereocenters. The van der Waals surface area contributed by atoms with Gasteiger partial charge < -0.3 is 15.2 Å². The third-order valence-electron chi connectivity index (χ3n) is 3.06. The van der Waals surface area contributed by atoms with Gasteiger partial charge in [-0.05, 0) is 40.0 Å². The zero-order chi connectivity index (χ0) is 14.9. The lowest BCUT2D eigenvalue weighted by molar-refractivity contribution is 0.0497. The van der Waals surface area contributed by atoms with E-state index in [1.54, 1.807) is 20.8 Å². The SMILES string of the molecule is CC(C)(C)OC(=O)NC1CCCc2c(C(=O)O)n[nH]c21. The summed E-state index contributed by atoms with van der Waals surface area (Å²) in [5, 5.41) is 18.4. The van der Waals surface area contributed by atoms with E-state index < -0.39 is 17.7 Å². The number of carboxylic acid groups (broad SMARTS) is 1. The van der Waals surface area contributed by atoms with Crippen LogP contribution < -0.4 is 5.32 Å². The molecule has 0 bridgehead atoms. The molecule has 1 aliphatic carbocycles. The Kier molecular flexibility index (Phi) is 3.69. The lowest BCUT2D eigenvalue weighted by Crippen LogP contribution is -2.36. The van der Waals surface area contributed by atoms with Crippen LogP contribution in [0.1, 0.15) is 61.4 Å². The molecule has 2 rings (SSSR count). The van der Waals surface area contributed by atoms with Crippen molar-refractivity contribution < 1.29 is 19.4 Å². The van der Waals surface area contributed by atoms with Crippen molar-refractivity contribution in [2.45, 2.75) is 51.7 Å². The molecular formula is C13H19N3O4. The van der Waals surface area contributed by atoms with E-state index in [0.717, 1.165) is 12.8 Å². The van der Waals surface area contributed by atoms with E-state index in [-0.39, 0.29) is 11.7 Å². The number of hydrogen-bond donors (Lipinski definition) is 3. The summed E-state index contributed by atoms with van der Waals surface area (Å²) in [6, 6.07) is -0.283. The van der Waals surface area contributed by atoms with Crippen LogP contribution in [0.15, 0.2) is 0 Å². The number of hydrogen-bond acceptors (Lipinski definition) is 4. The van der Waals surface area contributed by atoms with Crippen molar-refractivity contribution in [1.29, 1.82) is 0 Å². The molecule has 0 aliphatic heterocycles. The Balaban J connectivity index is 2.13. The van der Waals surface area contributed by atoms with Gasteiger partial charge in [-0.2, -0.15) is 5.10 Å². The van der Waals surface area contributed by atoms with Gasteiger partial charge in [-0.1, -0.05) is 0 Å². The number of H-pyrrole nitrogens is 1. The van der Waals surface area contributed by atoms with Gasteiger partial charge in [-0.25, -0.2) is 9.59 Å². The minimum absolute atomic E-state index is 0.0377. The third-order valence-corrected chi connectivity index (χ3v) is 3.06. The fraction of sp³-hybridized carbons (Fsp3) is 0.615. The number of nitrogens with one attached hydrogen (secondary N) is 2. The van der Waals surface area contributed by atoms with Crippen LogP contribution in [0.4, 0.5) is 4.79 Å². The Hall–Kier alpha value is -2.05. The number of carboxylic acids is 1. The smallest absolute Gasteiger partial charge is 0.408 e. The first kappa shape index (κ1) is 14.4. The maximum Gasteiger partial charge on any atom is 0.408 e. The molecule has 0 fully saturated rings. The first-order chi connectivity index (χ1) is 9.28. The van der Waals surface area contributed by atoms with Crippen molar-refractivity contribution >= 4 is 12.1 Å². The lowest BCUT2D eigenvalue weighted by atomic mass is 9.92. The van der Waals surface area contributed by atoms with E-state index in [1.165, 1.54) is 0 Å². The molecule has 3 N–H and O–H groups in total. The summed E-state index contributed by atoms with van der Waals surface area (Å²) < 4.78 is 5.21. The van der Waals surface area contributed by atoms with Crippen molar-refractivity contribution in [2.24, 2.45) is 0 Å². The Morgan fingerprint density at radius 2 is 2.15 bits per heavy atom. The summed E-state index contributed by atoms with van der Waals surface area (Å²) in [4.78, 5) is 22.8. The number of aromatic carboxylic acids is 1. The summed E-state index contributed by atoms with van der Waals surface area (Å²) >= 11 is 0. The zero-order valence-electron chi connectivity index (χ0n) is 11.8. The van der Waals surface area contributed by atoms with Gasteiger partial charge in [0.2, 0.25) is 0 Å². The normalized spacial score (nSPS) is 18.2. The van der Waals surface area contributed by atoms with Gasteiger partial charge in [0.05, 0.1) is 11.7 Å². The van der Waals surface area contributed by atoms with Crippen LogP contribution in [0.5, 0.6) is 0 Å². The van der Waals surface area contributed by atoms with Crippen molar-refractivity contribution in [3.8, 4) is 0 Å². The highest BCUT2D eigenvalue weighted by molar-refractivity contribution is 5.87. The number of nitrogens with zero attached hydrogens (tertiary/aromatic N) is 1. The van der Waals surface area contributed by atoms with Gasteiger partial charge in [0.25, 0.3) is 0 Å². The van der Waals surface area contributed by atoms with Gasteiger partial charge in [0.15, 0.2) is 5.69 Å². The van der Waals surface area contributed by atoms with Crippen LogP contribution >= 0.6 is 0 Å². The number of aromatic nitrogens is 2. The second-order valence-electron chi connectivity index (χ2n) is 5.86. The minimum atomic E-state index is -1.06. The summed E-state index contributed by atoms with van der Waals surface area (Å²) in [6.45, 7) is 5.37. The topological polar surface area (TPSA) is 104 Å². The maximum absolute atomic E-state index is 11.8. The number of alkyl carbamates (subject to hydrolysis) is 1. The molecule has 0 aromatic carbocycles. The van der Waals surface area contributed by atoms with E-state index in [0.29, 0.717) is 17.7 Å². The standard InChI is InChI=1S/C13H19N3O4/c1-13(2,3)20-12(19)14-8-6-4-5-7-9(8)15-16-10(7)11(17)18/h8H,4-6H2,1-3H3,(H,14,19)(H,15,16)(H,17,18). The Morgan fingerprint density at radius 1 is 1.45 bits per heavy atom. The Labute approximate surface area is 116 Å². The van der Waals surface area contributed by atoms with Crippen molar-refractivity contribution in [1.82, 2.24) is 15.5 Å². The first-order valence-corrected chi connectivity index (χ1v) is 6.58. The molecule has 0 saturated heterocycles. The molecule has 0 radical (unpaired) electrons. The van der Waals surface area contributed by atoms with Crippen LogP contribution in [0.3, 0.4) is 0 Å². The molecule has 1 heterocycles. The molecule has 1 aliphatic rings. The monoisotopic (exact) mass is 281 g/mol. The number of aromatic amines is 1. The second-order valence-corrected chi connectivity index (χ2v) is 5.86. The molecule has 7 nitrogen and oxygen atoms in total. The van der Waals surface area contributed by atoms with Crippen molar-refractivity contribution in [3.05, 3.63) is 17.0 Å². The summed E-state index contributed by atoms with van der Waals surface area (Å²) in [5.74, 6) is -1.06. The quantitative estimate of drug-likeness (QED) is 0.769. The number of fused-ring (bicyclic) bond motifs is 1.